The van der Waals surface area contributed by atoms with Crippen LogP contribution in [0.3, 0.4) is 0 Å². The average Bonchev–Trinajstić information content (AvgIpc) is 2.34. The lowest BCUT2D eigenvalue weighted by atomic mass is 10.2. The number of methoxy groups -OCH3 is 1. The van der Waals surface area contributed by atoms with Gasteiger partial charge in [-0.2, -0.15) is 13.2 Å². The lowest BCUT2D eigenvalue weighted by molar-refractivity contribution is -0.210. The Morgan fingerprint density at radius 1 is 1.45 bits per heavy atom. The van der Waals surface area contributed by atoms with Gasteiger partial charge in [-0.15, -0.1) is 0 Å². The SMILES string of the molecule is COc1cc(C(=O)O)cc(Br)c1OCC(O)C(F)(F)F. The summed E-state index contributed by atoms with van der Waals surface area (Å²) in [5.41, 5.74) is -0.127. The molecule has 0 spiro atoms. The van der Waals surface area contributed by atoms with Gasteiger partial charge in [0.15, 0.2) is 17.6 Å². The van der Waals surface area contributed by atoms with Gasteiger partial charge in [0.1, 0.15) is 6.61 Å². The summed E-state index contributed by atoms with van der Waals surface area (Å²) >= 11 is 2.98. The number of carboxylic acid groups (broad SMARTS) is 1. The second-order valence-corrected chi connectivity index (χ2v) is 4.52. The Labute approximate surface area is 120 Å². The van der Waals surface area contributed by atoms with Gasteiger partial charge in [0.2, 0.25) is 0 Å². The molecule has 0 aliphatic heterocycles. The normalized spacial score (nSPS) is 12.9. The van der Waals surface area contributed by atoms with Crippen LogP contribution in [0.5, 0.6) is 11.5 Å². The molecule has 0 heterocycles. The number of ether oxygens (including phenoxy) is 2. The maximum absolute atomic E-state index is 12.2. The zero-order valence-corrected chi connectivity index (χ0v) is 11.7. The van der Waals surface area contributed by atoms with Crippen molar-refractivity contribution in [3.05, 3.63) is 22.2 Å². The number of hydrogen-bond acceptors (Lipinski definition) is 4. The number of aliphatic hydroxyl groups is 1. The van der Waals surface area contributed by atoms with Crippen LogP contribution in [0.2, 0.25) is 0 Å². The summed E-state index contributed by atoms with van der Waals surface area (Å²) in [5.74, 6) is -1.42. The van der Waals surface area contributed by atoms with E-state index >= 15 is 0 Å². The molecule has 0 saturated heterocycles. The quantitative estimate of drug-likeness (QED) is 0.845. The second kappa shape index (κ2) is 6.31. The summed E-state index contributed by atoms with van der Waals surface area (Å²) in [7, 11) is 1.21. The van der Waals surface area contributed by atoms with E-state index in [1.165, 1.54) is 7.11 Å². The highest BCUT2D eigenvalue weighted by molar-refractivity contribution is 9.10. The fourth-order valence-corrected chi connectivity index (χ4v) is 1.80. The second-order valence-electron chi connectivity index (χ2n) is 3.66. The van der Waals surface area contributed by atoms with Crippen LogP contribution in [0.4, 0.5) is 13.2 Å². The zero-order chi connectivity index (χ0) is 15.5. The van der Waals surface area contributed by atoms with Crippen LogP contribution in [0.25, 0.3) is 0 Å². The highest BCUT2D eigenvalue weighted by Crippen LogP contribution is 2.37. The van der Waals surface area contributed by atoms with Crippen molar-refractivity contribution in [3.63, 3.8) is 0 Å². The molecule has 20 heavy (non-hydrogen) atoms. The Hall–Kier alpha value is -1.48. The van der Waals surface area contributed by atoms with E-state index in [2.05, 4.69) is 15.9 Å². The number of rotatable bonds is 5. The van der Waals surface area contributed by atoms with E-state index < -0.39 is 24.9 Å². The Kier molecular flexibility index (Phi) is 5.23. The molecule has 0 saturated carbocycles. The van der Waals surface area contributed by atoms with Crippen LogP contribution in [0.15, 0.2) is 16.6 Å². The third-order valence-corrected chi connectivity index (χ3v) is 2.83. The minimum atomic E-state index is -4.80. The Morgan fingerprint density at radius 2 is 2.05 bits per heavy atom. The molecule has 1 aromatic carbocycles. The molecule has 112 valence electrons. The molecule has 2 N–H and O–H groups in total. The van der Waals surface area contributed by atoms with Gasteiger partial charge in [0.25, 0.3) is 0 Å². The molecule has 1 aromatic rings. The molecular formula is C11H10BrF3O5. The van der Waals surface area contributed by atoms with Gasteiger partial charge in [-0.05, 0) is 28.1 Å². The average molecular weight is 359 g/mol. The summed E-state index contributed by atoms with van der Waals surface area (Å²) in [6, 6.07) is 2.25. The predicted octanol–water partition coefficient (Wildman–Crippen LogP) is 2.46. The molecule has 0 amide bonds. The summed E-state index contributed by atoms with van der Waals surface area (Å²) in [4.78, 5) is 10.8. The summed E-state index contributed by atoms with van der Waals surface area (Å²) in [6.07, 6.45) is -7.46. The van der Waals surface area contributed by atoms with Gasteiger partial charge in [-0.1, -0.05) is 0 Å². The van der Waals surface area contributed by atoms with Crippen molar-refractivity contribution in [3.8, 4) is 11.5 Å². The van der Waals surface area contributed by atoms with Gasteiger partial charge < -0.3 is 19.7 Å². The van der Waals surface area contributed by atoms with E-state index in [-0.39, 0.29) is 21.5 Å². The van der Waals surface area contributed by atoms with Crippen molar-refractivity contribution < 1.29 is 37.7 Å². The number of aliphatic hydroxyl groups excluding tert-OH is 1. The lowest BCUT2D eigenvalue weighted by Crippen LogP contribution is -2.34. The first-order valence-corrected chi connectivity index (χ1v) is 5.94. The topological polar surface area (TPSA) is 76.0 Å². The van der Waals surface area contributed by atoms with Crippen molar-refractivity contribution >= 4 is 21.9 Å². The number of halogens is 4. The molecule has 1 unspecified atom stereocenters. The van der Waals surface area contributed by atoms with Crippen LogP contribution < -0.4 is 9.47 Å². The van der Waals surface area contributed by atoms with E-state index in [4.69, 9.17) is 19.7 Å². The fraction of sp³-hybridized carbons (Fsp3) is 0.364. The highest BCUT2D eigenvalue weighted by Gasteiger charge is 2.39. The van der Waals surface area contributed by atoms with Crippen LogP contribution in [0.1, 0.15) is 10.4 Å². The number of alkyl halides is 3. The number of hydrogen-bond donors (Lipinski definition) is 2. The molecule has 0 radical (unpaired) electrons. The van der Waals surface area contributed by atoms with Crippen molar-refractivity contribution in [1.82, 2.24) is 0 Å². The maximum Gasteiger partial charge on any atom is 0.417 e. The molecule has 1 rings (SSSR count). The van der Waals surface area contributed by atoms with Crippen molar-refractivity contribution in [2.75, 3.05) is 13.7 Å². The lowest BCUT2D eigenvalue weighted by Gasteiger charge is -2.17. The highest BCUT2D eigenvalue weighted by atomic mass is 79.9. The molecule has 0 bridgehead atoms. The molecule has 0 aliphatic carbocycles. The number of carboxylic acids is 1. The van der Waals surface area contributed by atoms with Crippen LogP contribution >= 0.6 is 15.9 Å². The molecule has 0 aliphatic rings. The van der Waals surface area contributed by atoms with Gasteiger partial charge in [-0.25, -0.2) is 4.79 Å². The van der Waals surface area contributed by atoms with Crippen LogP contribution in [-0.4, -0.2) is 42.2 Å². The van der Waals surface area contributed by atoms with Crippen molar-refractivity contribution in [2.45, 2.75) is 12.3 Å². The fourth-order valence-electron chi connectivity index (χ4n) is 1.24. The molecule has 0 aromatic heterocycles. The largest absolute Gasteiger partial charge is 0.493 e. The van der Waals surface area contributed by atoms with E-state index in [0.717, 1.165) is 12.1 Å². The number of carbonyl (C=O) groups is 1. The smallest absolute Gasteiger partial charge is 0.417 e. The molecular weight excluding hydrogens is 349 g/mol. The van der Waals surface area contributed by atoms with Crippen molar-refractivity contribution in [1.29, 1.82) is 0 Å². The predicted molar refractivity (Wildman–Crippen MR) is 65.2 cm³/mol. The van der Waals surface area contributed by atoms with Gasteiger partial charge in [0, 0.05) is 0 Å². The minimum Gasteiger partial charge on any atom is -0.493 e. The summed E-state index contributed by atoms with van der Waals surface area (Å²) < 4.78 is 46.3. The third kappa shape index (κ3) is 4.01. The standard InChI is InChI=1S/C11H10BrF3O5/c1-19-7-3-5(10(17)18)2-6(12)9(7)20-4-8(16)11(13,14)15/h2-3,8,16H,4H2,1H3,(H,17,18). The van der Waals surface area contributed by atoms with E-state index in [1.807, 2.05) is 0 Å². The first-order chi connectivity index (χ1) is 9.16. The van der Waals surface area contributed by atoms with Gasteiger partial charge in [-0.3, -0.25) is 0 Å². The van der Waals surface area contributed by atoms with E-state index in [0.29, 0.717) is 0 Å². The van der Waals surface area contributed by atoms with Gasteiger partial charge in [0.05, 0.1) is 17.1 Å². The van der Waals surface area contributed by atoms with Crippen molar-refractivity contribution in [2.24, 2.45) is 0 Å². The first-order valence-electron chi connectivity index (χ1n) is 5.15. The third-order valence-electron chi connectivity index (χ3n) is 2.24. The monoisotopic (exact) mass is 358 g/mol. The molecule has 9 heteroatoms. The maximum atomic E-state index is 12.2. The Morgan fingerprint density at radius 3 is 2.50 bits per heavy atom. The molecule has 1 atom stereocenters. The Bertz CT molecular complexity index is 504. The summed E-state index contributed by atoms with van der Waals surface area (Å²) in [5, 5.41) is 17.7. The van der Waals surface area contributed by atoms with E-state index in [9.17, 15) is 18.0 Å². The first kappa shape index (κ1) is 16.6. The number of benzene rings is 1. The van der Waals surface area contributed by atoms with Gasteiger partial charge >= 0.3 is 12.1 Å². The zero-order valence-electron chi connectivity index (χ0n) is 10.1. The summed E-state index contributed by atoms with van der Waals surface area (Å²) in [6.45, 7) is -1.04. The van der Waals surface area contributed by atoms with Crippen LogP contribution in [0, 0.1) is 0 Å². The number of aromatic carboxylic acids is 1. The molecule has 0 fully saturated rings. The minimum absolute atomic E-state index is 0.0638. The van der Waals surface area contributed by atoms with Crippen LogP contribution in [-0.2, 0) is 0 Å². The Balaban J connectivity index is 2.98. The molecule has 5 nitrogen and oxygen atoms in total. The van der Waals surface area contributed by atoms with E-state index in [1.54, 1.807) is 0 Å².